The summed E-state index contributed by atoms with van der Waals surface area (Å²) < 4.78 is 1.85. The summed E-state index contributed by atoms with van der Waals surface area (Å²) in [4.78, 5) is 14.0. The Balaban J connectivity index is 1.53. The van der Waals surface area contributed by atoms with Crippen molar-refractivity contribution in [2.75, 3.05) is 19.6 Å². The molecule has 5 heteroatoms. The largest absolute Gasteiger partial charge is 0.342 e. The van der Waals surface area contributed by atoms with Gasteiger partial charge in [-0.1, -0.05) is 6.07 Å². The second-order valence-electron chi connectivity index (χ2n) is 5.25. The molecule has 1 N–H and O–H groups in total. The van der Waals surface area contributed by atoms with Gasteiger partial charge in [-0.3, -0.25) is 4.79 Å². The fourth-order valence-electron chi connectivity index (χ4n) is 2.68. The number of fused-ring (bicyclic) bond motifs is 1. The third kappa shape index (κ3) is 2.82. The lowest BCUT2D eigenvalue weighted by atomic mass is 10.1. The first-order valence-electron chi connectivity index (χ1n) is 7.24. The average Bonchev–Trinajstić information content (AvgIpc) is 2.92. The van der Waals surface area contributed by atoms with E-state index in [1.54, 1.807) is 0 Å². The minimum Gasteiger partial charge on any atom is -0.342 e. The molecule has 106 valence electrons. The fraction of sp³-hybridized carbons (Fsp3) is 0.467. The lowest BCUT2D eigenvalue weighted by Crippen LogP contribution is -2.40. The van der Waals surface area contributed by atoms with Gasteiger partial charge in [-0.2, -0.15) is 5.10 Å². The Morgan fingerprint density at radius 2 is 2.10 bits per heavy atom. The van der Waals surface area contributed by atoms with E-state index in [1.165, 1.54) is 6.42 Å². The molecule has 20 heavy (non-hydrogen) atoms. The van der Waals surface area contributed by atoms with Crippen molar-refractivity contribution in [1.82, 2.24) is 19.8 Å². The van der Waals surface area contributed by atoms with Crippen LogP contribution in [0.15, 0.2) is 30.6 Å². The zero-order valence-corrected chi connectivity index (χ0v) is 11.6. The van der Waals surface area contributed by atoms with Crippen molar-refractivity contribution in [1.29, 1.82) is 0 Å². The van der Waals surface area contributed by atoms with E-state index in [0.717, 1.165) is 37.0 Å². The lowest BCUT2D eigenvalue weighted by Gasteiger charge is -2.26. The summed E-state index contributed by atoms with van der Waals surface area (Å²) in [6.45, 7) is 2.91. The van der Waals surface area contributed by atoms with Crippen LogP contribution in [0.3, 0.4) is 0 Å². The molecule has 0 spiro atoms. The predicted molar refractivity (Wildman–Crippen MR) is 77.3 cm³/mol. The summed E-state index contributed by atoms with van der Waals surface area (Å²) in [7, 11) is 0. The Hall–Kier alpha value is -1.88. The Labute approximate surface area is 118 Å². The molecule has 1 amide bonds. The first kappa shape index (κ1) is 13.1. The summed E-state index contributed by atoms with van der Waals surface area (Å²) in [6, 6.07) is 5.99. The minimum atomic E-state index is 0.209. The second kappa shape index (κ2) is 6.05. The summed E-state index contributed by atoms with van der Waals surface area (Å²) in [5, 5.41) is 7.52. The van der Waals surface area contributed by atoms with Gasteiger partial charge in [0.2, 0.25) is 5.91 Å². The van der Waals surface area contributed by atoms with E-state index < -0.39 is 0 Å². The molecule has 1 saturated heterocycles. The van der Waals surface area contributed by atoms with Crippen LogP contribution in [-0.4, -0.2) is 40.1 Å². The van der Waals surface area contributed by atoms with Crippen LogP contribution in [0.1, 0.15) is 24.8 Å². The highest BCUT2D eigenvalue weighted by Gasteiger charge is 2.15. The molecule has 2 aromatic rings. The number of carbonyl (C=O) groups is 1. The van der Waals surface area contributed by atoms with Crippen molar-refractivity contribution >= 4 is 11.4 Å². The molecule has 0 aliphatic carbocycles. The van der Waals surface area contributed by atoms with Crippen molar-refractivity contribution in [3.8, 4) is 0 Å². The van der Waals surface area contributed by atoms with Crippen LogP contribution in [0.5, 0.6) is 0 Å². The highest BCUT2D eigenvalue weighted by atomic mass is 16.2. The third-order valence-corrected chi connectivity index (χ3v) is 3.81. The van der Waals surface area contributed by atoms with E-state index >= 15 is 0 Å². The molecule has 1 aliphatic heterocycles. The third-order valence-electron chi connectivity index (χ3n) is 3.81. The Morgan fingerprint density at radius 1 is 1.25 bits per heavy atom. The number of amides is 1. The molecule has 2 aromatic heterocycles. The molecular formula is C15H20N4O. The van der Waals surface area contributed by atoms with E-state index in [9.17, 15) is 4.79 Å². The topological polar surface area (TPSA) is 49.6 Å². The molecule has 3 heterocycles. The number of pyridine rings is 1. The van der Waals surface area contributed by atoms with Gasteiger partial charge in [0.25, 0.3) is 0 Å². The van der Waals surface area contributed by atoms with Gasteiger partial charge in [-0.15, -0.1) is 0 Å². The maximum absolute atomic E-state index is 12.0. The van der Waals surface area contributed by atoms with Crippen molar-refractivity contribution in [2.45, 2.75) is 25.8 Å². The van der Waals surface area contributed by atoms with Crippen LogP contribution in [0, 0.1) is 0 Å². The highest BCUT2D eigenvalue weighted by Crippen LogP contribution is 2.10. The van der Waals surface area contributed by atoms with Crippen LogP contribution in [0.2, 0.25) is 0 Å². The molecule has 0 saturated carbocycles. The Morgan fingerprint density at radius 3 is 2.95 bits per heavy atom. The highest BCUT2D eigenvalue weighted by molar-refractivity contribution is 5.78. The van der Waals surface area contributed by atoms with E-state index in [4.69, 9.17) is 0 Å². The molecule has 0 unspecified atom stereocenters. The second-order valence-corrected chi connectivity index (χ2v) is 5.25. The predicted octanol–water partition coefficient (Wildman–Crippen LogP) is 1.44. The molecule has 1 aliphatic rings. The molecule has 5 nitrogen and oxygen atoms in total. The van der Waals surface area contributed by atoms with Gasteiger partial charge < -0.3 is 10.2 Å². The number of nitrogens with one attached hydrogen (secondary N) is 1. The van der Waals surface area contributed by atoms with Crippen molar-refractivity contribution in [2.24, 2.45) is 0 Å². The van der Waals surface area contributed by atoms with Crippen LogP contribution in [-0.2, 0) is 11.3 Å². The number of carbonyl (C=O) groups excluding carboxylic acids is 1. The van der Waals surface area contributed by atoms with Crippen LogP contribution in [0.4, 0.5) is 0 Å². The van der Waals surface area contributed by atoms with Gasteiger partial charge in [0.15, 0.2) is 0 Å². The maximum Gasteiger partial charge on any atom is 0.236 e. The van der Waals surface area contributed by atoms with Gasteiger partial charge in [-0.25, -0.2) is 4.52 Å². The quantitative estimate of drug-likeness (QED) is 0.916. The van der Waals surface area contributed by atoms with E-state index in [0.29, 0.717) is 13.1 Å². The fourth-order valence-corrected chi connectivity index (χ4v) is 2.68. The van der Waals surface area contributed by atoms with Gasteiger partial charge in [-0.05, 0) is 31.4 Å². The van der Waals surface area contributed by atoms with Gasteiger partial charge in [0.1, 0.15) is 0 Å². The number of piperidine rings is 1. The number of aromatic nitrogens is 2. The number of nitrogens with zero attached hydrogens (tertiary/aromatic N) is 3. The van der Waals surface area contributed by atoms with Crippen molar-refractivity contribution in [3.05, 3.63) is 36.2 Å². The van der Waals surface area contributed by atoms with Gasteiger partial charge >= 0.3 is 0 Å². The molecular weight excluding hydrogens is 252 g/mol. The normalized spacial score (nSPS) is 15.7. The minimum absolute atomic E-state index is 0.209. The van der Waals surface area contributed by atoms with Gasteiger partial charge in [0.05, 0.1) is 18.3 Å². The summed E-state index contributed by atoms with van der Waals surface area (Å²) in [5.74, 6) is 0.209. The molecule has 0 radical (unpaired) electrons. The molecule has 3 rings (SSSR count). The van der Waals surface area contributed by atoms with Crippen molar-refractivity contribution in [3.63, 3.8) is 0 Å². The summed E-state index contributed by atoms with van der Waals surface area (Å²) in [6.07, 6.45) is 7.31. The van der Waals surface area contributed by atoms with Crippen LogP contribution in [0.25, 0.3) is 5.52 Å². The first-order valence-corrected chi connectivity index (χ1v) is 7.24. The molecule has 1 fully saturated rings. The van der Waals surface area contributed by atoms with E-state index in [2.05, 4.69) is 10.4 Å². The SMILES string of the molecule is O=C(CNCc1cnn2ccccc12)N1CCCCC1. The first-order chi connectivity index (χ1) is 9.84. The van der Waals surface area contributed by atoms with Crippen LogP contribution < -0.4 is 5.32 Å². The number of likely N-dealkylation sites (tertiary alicyclic amines) is 1. The zero-order valence-electron chi connectivity index (χ0n) is 11.6. The van der Waals surface area contributed by atoms with Crippen molar-refractivity contribution < 1.29 is 4.79 Å². The molecule has 0 atom stereocenters. The van der Waals surface area contributed by atoms with Crippen LogP contribution >= 0.6 is 0 Å². The Bertz CT molecular complexity index is 586. The maximum atomic E-state index is 12.0. The zero-order chi connectivity index (χ0) is 13.8. The number of hydrogen-bond acceptors (Lipinski definition) is 3. The lowest BCUT2D eigenvalue weighted by molar-refractivity contribution is -0.131. The van der Waals surface area contributed by atoms with E-state index in [-0.39, 0.29) is 5.91 Å². The number of hydrogen-bond donors (Lipinski definition) is 1. The number of rotatable bonds is 4. The van der Waals surface area contributed by atoms with Gasteiger partial charge in [0, 0.05) is 31.4 Å². The Kier molecular flexibility index (Phi) is 3.97. The molecule has 0 aromatic carbocycles. The average molecular weight is 272 g/mol. The standard InChI is InChI=1S/C15H20N4O/c20-15(18-7-3-1-4-8-18)12-16-10-13-11-17-19-9-5-2-6-14(13)19/h2,5-6,9,11,16H,1,3-4,7-8,10,12H2. The smallest absolute Gasteiger partial charge is 0.236 e. The van der Waals surface area contributed by atoms with E-state index in [1.807, 2.05) is 40.0 Å². The monoisotopic (exact) mass is 272 g/mol. The molecule has 0 bridgehead atoms. The summed E-state index contributed by atoms with van der Waals surface area (Å²) >= 11 is 0. The summed E-state index contributed by atoms with van der Waals surface area (Å²) in [5.41, 5.74) is 2.21.